The molecule has 1 heterocycles. The van der Waals surface area contributed by atoms with E-state index >= 15 is 0 Å². The number of aromatic nitrogens is 1. The third-order valence-electron chi connectivity index (χ3n) is 1.84. The van der Waals surface area contributed by atoms with Gasteiger partial charge in [-0.05, 0) is 6.92 Å². The Kier molecular flexibility index (Phi) is 3.76. The van der Waals surface area contributed by atoms with Crippen LogP contribution in [0.15, 0.2) is 10.9 Å². The molecular weight excluding hydrogens is 200 g/mol. The zero-order valence-electron chi connectivity index (χ0n) is 8.11. The number of thiazole rings is 1. The fourth-order valence-corrected chi connectivity index (χ4v) is 1.51. The minimum atomic E-state index is -0.436. The second-order valence-electron chi connectivity index (χ2n) is 2.89. The Labute approximate surface area is 86.4 Å². The van der Waals surface area contributed by atoms with Crippen molar-refractivity contribution in [3.63, 3.8) is 0 Å². The quantitative estimate of drug-likeness (QED) is 0.816. The van der Waals surface area contributed by atoms with Gasteiger partial charge in [0.15, 0.2) is 5.78 Å². The highest BCUT2D eigenvalue weighted by molar-refractivity contribution is 7.07. The van der Waals surface area contributed by atoms with Gasteiger partial charge in [-0.3, -0.25) is 9.59 Å². The molecule has 0 saturated carbocycles. The summed E-state index contributed by atoms with van der Waals surface area (Å²) in [5.74, 6) is -0.269. The number of carbonyl (C=O) groups excluding carboxylic acids is 2. The second kappa shape index (κ2) is 4.85. The van der Waals surface area contributed by atoms with Crippen LogP contribution in [0.5, 0.6) is 0 Å². The Morgan fingerprint density at radius 2 is 2.36 bits per heavy atom. The first-order chi connectivity index (χ1) is 6.65. The van der Waals surface area contributed by atoms with E-state index < -0.39 is 6.04 Å². The van der Waals surface area contributed by atoms with E-state index in [9.17, 15) is 9.59 Å². The van der Waals surface area contributed by atoms with Crippen molar-refractivity contribution in [1.29, 1.82) is 0 Å². The summed E-state index contributed by atoms with van der Waals surface area (Å²) in [4.78, 5) is 26.5. The lowest BCUT2D eigenvalue weighted by Crippen LogP contribution is -2.38. The molecule has 0 saturated heterocycles. The van der Waals surface area contributed by atoms with Gasteiger partial charge in [0.25, 0.3) is 5.91 Å². The molecule has 1 N–H and O–H groups in total. The van der Waals surface area contributed by atoms with Crippen molar-refractivity contribution in [2.45, 2.75) is 26.3 Å². The third kappa shape index (κ3) is 2.63. The number of nitrogens with one attached hydrogen (secondary N) is 1. The maximum Gasteiger partial charge on any atom is 0.271 e. The van der Waals surface area contributed by atoms with Gasteiger partial charge in [0.1, 0.15) is 5.69 Å². The molecule has 0 aliphatic carbocycles. The van der Waals surface area contributed by atoms with Crippen LogP contribution in [0.2, 0.25) is 0 Å². The number of hydrogen-bond donors (Lipinski definition) is 1. The molecule has 14 heavy (non-hydrogen) atoms. The molecule has 0 aromatic carbocycles. The Balaban J connectivity index is 2.53. The molecule has 1 aromatic rings. The summed E-state index contributed by atoms with van der Waals surface area (Å²) in [5, 5.41) is 4.24. The van der Waals surface area contributed by atoms with Crippen molar-refractivity contribution in [3.8, 4) is 0 Å². The number of rotatable bonds is 4. The number of ketones is 1. The predicted molar refractivity (Wildman–Crippen MR) is 54.3 cm³/mol. The second-order valence-corrected chi connectivity index (χ2v) is 3.61. The van der Waals surface area contributed by atoms with E-state index in [1.165, 1.54) is 11.3 Å². The summed E-state index contributed by atoms with van der Waals surface area (Å²) in [6.07, 6.45) is 0.429. The van der Waals surface area contributed by atoms with Gasteiger partial charge in [-0.15, -0.1) is 11.3 Å². The fraction of sp³-hybridized carbons (Fsp3) is 0.444. The van der Waals surface area contributed by atoms with Crippen LogP contribution in [0.3, 0.4) is 0 Å². The highest BCUT2D eigenvalue weighted by atomic mass is 32.1. The van der Waals surface area contributed by atoms with Crippen LogP contribution >= 0.6 is 11.3 Å². The summed E-state index contributed by atoms with van der Waals surface area (Å²) in [5.41, 5.74) is 1.95. The molecular formula is C9H12N2O2S. The zero-order chi connectivity index (χ0) is 10.6. The van der Waals surface area contributed by atoms with Gasteiger partial charge >= 0.3 is 0 Å². The van der Waals surface area contributed by atoms with Crippen LogP contribution in [0.1, 0.15) is 30.8 Å². The molecule has 0 spiro atoms. The lowest BCUT2D eigenvalue weighted by molar-refractivity contribution is -0.120. The van der Waals surface area contributed by atoms with Gasteiger partial charge in [0.2, 0.25) is 0 Å². The highest BCUT2D eigenvalue weighted by Crippen LogP contribution is 2.01. The topological polar surface area (TPSA) is 59.1 Å². The van der Waals surface area contributed by atoms with Crippen molar-refractivity contribution >= 4 is 23.0 Å². The predicted octanol–water partition coefficient (Wildman–Crippen LogP) is 1.24. The van der Waals surface area contributed by atoms with Crippen LogP contribution in [0.25, 0.3) is 0 Å². The van der Waals surface area contributed by atoms with Crippen LogP contribution < -0.4 is 5.32 Å². The molecule has 5 heteroatoms. The molecule has 1 unspecified atom stereocenters. The molecule has 0 aliphatic rings. The van der Waals surface area contributed by atoms with E-state index in [-0.39, 0.29) is 11.7 Å². The molecule has 1 atom stereocenters. The van der Waals surface area contributed by atoms with Crippen molar-refractivity contribution in [1.82, 2.24) is 10.3 Å². The van der Waals surface area contributed by atoms with E-state index in [0.29, 0.717) is 12.1 Å². The van der Waals surface area contributed by atoms with Gasteiger partial charge < -0.3 is 5.32 Å². The number of nitrogens with zero attached hydrogens (tertiary/aromatic N) is 1. The van der Waals surface area contributed by atoms with Crippen LogP contribution in [0.4, 0.5) is 0 Å². The summed E-state index contributed by atoms with van der Waals surface area (Å²) >= 11 is 1.35. The SMILES string of the molecule is CCC(=O)C(C)NC(=O)c1cscn1. The number of amides is 1. The first kappa shape index (κ1) is 10.8. The average Bonchev–Trinajstić information content (AvgIpc) is 2.69. The fourth-order valence-electron chi connectivity index (χ4n) is 0.982. The van der Waals surface area contributed by atoms with Crippen molar-refractivity contribution in [3.05, 3.63) is 16.6 Å². The van der Waals surface area contributed by atoms with Gasteiger partial charge in [0, 0.05) is 11.8 Å². The maximum absolute atomic E-state index is 11.4. The molecule has 0 bridgehead atoms. The zero-order valence-corrected chi connectivity index (χ0v) is 8.93. The van der Waals surface area contributed by atoms with E-state index in [1.807, 2.05) is 0 Å². The molecule has 1 rings (SSSR count). The average molecular weight is 212 g/mol. The van der Waals surface area contributed by atoms with Gasteiger partial charge in [-0.2, -0.15) is 0 Å². The molecule has 0 radical (unpaired) electrons. The summed E-state index contributed by atoms with van der Waals surface area (Å²) < 4.78 is 0. The lowest BCUT2D eigenvalue weighted by Gasteiger charge is -2.09. The van der Waals surface area contributed by atoms with Crippen LogP contribution in [-0.2, 0) is 4.79 Å². The van der Waals surface area contributed by atoms with Crippen LogP contribution in [-0.4, -0.2) is 22.7 Å². The largest absolute Gasteiger partial charge is 0.341 e. The first-order valence-electron chi connectivity index (χ1n) is 4.37. The van der Waals surface area contributed by atoms with E-state index in [2.05, 4.69) is 10.3 Å². The summed E-state index contributed by atoms with van der Waals surface area (Å²) in [7, 11) is 0. The van der Waals surface area contributed by atoms with Crippen molar-refractivity contribution in [2.24, 2.45) is 0 Å². The monoisotopic (exact) mass is 212 g/mol. The molecule has 4 nitrogen and oxygen atoms in total. The van der Waals surface area contributed by atoms with E-state index in [1.54, 1.807) is 24.7 Å². The van der Waals surface area contributed by atoms with Gasteiger partial charge in [-0.1, -0.05) is 6.92 Å². The van der Waals surface area contributed by atoms with Crippen molar-refractivity contribution in [2.75, 3.05) is 0 Å². The molecule has 1 amide bonds. The minimum Gasteiger partial charge on any atom is -0.341 e. The molecule has 0 fully saturated rings. The number of hydrogen-bond acceptors (Lipinski definition) is 4. The smallest absolute Gasteiger partial charge is 0.271 e. The Bertz CT molecular complexity index is 322. The summed E-state index contributed by atoms with van der Waals surface area (Å²) in [6, 6.07) is -0.436. The molecule has 1 aromatic heterocycles. The lowest BCUT2D eigenvalue weighted by atomic mass is 10.1. The first-order valence-corrected chi connectivity index (χ1v) is 5.31. The minimum absolute atomic E-state index is 0.0218. The van der Waals surface area contributed by atoms with Gasteiger partial charge in [-0.25, -0.2) is 4.98 Å². The summed E-state index contributed by atoms with van der Waals surface area (Å²) in [6.45, 7) is 3.45. The highest BCUT2D eigenvalue weighted by Gasteiger charge is 2.15. The third-order valence-corrected chi connectivity index (χ3v) is 2.43. The number of carbonyl (C=O) groups is 2. The maximum atomic E-state index is 11.4. The Hall–Kier alpha value is -1.23. The Morgan fingerprint density at radius 1 is 1.64 bits per heavy atom. The Morgan fingerprint density at radius 3 is 2.86 bits per heavy atom. The van der Waals surface area contributed by atoms with Gasteiger partial charge in [0.05, 0.1) is 11.6 Å². The molecule has 0 aliphatic heterocycles. The van der Waals surface area contributed by atoms with E-state index in [0.717, 1.165) is 0 Å². The van der Waals surface area contributed by atoms with E-state index in [4.69, 9.17) is 0 Å². The van der Waals surface area contributed by atoms with Crippen molar-refractivity contribution < 1.29 is 9.59 Å². The van der Waals surface area contributed by atoms with Crippen LogP contribution in [0, 0.1) is 0 Å². The normalized spacial score (nSPS) is 12.1. The number of Topliss-reactive ketones (excluding diaryl/α,β-unsaturated/α-hetero) is 1. The molecule has 76 valence electrons. The standard InChI is InChI=1S/C9H12N2O2S/c1-3-8(12)6(2)11-9(13)7-4-14-5-10-7/h4-6H,3H2,1-2H3,(H,11,13).